The number of aliphatic carboxylic acids is 1. The number of carboxylic acid groups (broad SMARTS) is 1. The topological polar surface area (TPSA) is 70.0 Å². The first-order chi connectivity index (χ1) is 18.9. The Morgan fingerprint density at radius 1 is 1.03 bits per heavy atom. The highest BCUT2D eigenvalue weighted by atomic mass is 32.2. The smallest absolute Gasteiger partial charge is 0.310 e. The molecule has 2 aromatic rings. The van der Waals surface area contributed by atoms with Gasteiger partial charge in [-0.15, -0.1) is 0 Å². The normalized spacial score (nSPS) is 31.3. The standard InChI is InChI=1S/C33H36N2O3S/c1-20(31(37)38)27-8-7-26(16-28(27)33-17-22-11-23(18-33)13-24(12-22)19-33)25-6-4-5-21(14-25)15-29-30(36)34-32(39-29)35-9-2-3-10-35/h4-8,14-16,20,22-24H,2-3,9-13,17-19H2,1H3,(H,37,38)/b29-15+. The fourth-order valence-electron chi connectivity index (χ4n) is 8.55. The van der Waals surface area contributed by atoms with Crippen molar-refractivity contribution in [3.63, 3.8) is 0 Å². The van der Waals surface area contributed by atoms with Crippen LogP contribution < -0.4 is 0 Å². The van der Waals surface area contributed by atoms with Gasteiger partial charge in [-0.05, 0) is 133 Å². The minimum absolute atomic E-state index is 0.111. The molecular weight excluding hydrogens is 504 g/mol. The molecule has 4 bridgehead atoms. The molecule has 2 aliphatic heterocycles. The third-order valence-electron chi connectivity index (χ3n) is 10.0. The van der Waals surface area contributed by atoms with Crippen molar-refractivity contribution in [2.24, 2.45) is 22.7 Å². The van der Waals surface area contributed by atoms with Crippen LogP contribution in [0.1, 0.15) is 80.9 Å². The van der Waals surface area contributed by atoms with Crippen molar-refractivity contribution in [3.05, 3.63) is 64.1 Å². The van der Waals surface area contributed by atoms with Crippen molar-refractivity contribution in [3.8, 4) is 11.1 Å². The van der Waals surface area contributed by atoms with Gasteiger partial charge in [0.2, 0.25) is 0 Å². The fourth-order valence-corrected chi connectivity index (χ4v) is 9.51. The first-order valence-electron chi connectivity index (χ1n) is 14.6. The fraction of sp³-hybridized carbons (Fsp3) is 0.485. The molecule has 1 amide bonds. The van der Waals surface area contributed by atoms with E-state index in [1.54, 1.807) is 0 Å². The molecule has 5 nitrogen and oxygen atoms in total. The van der Waals surface area contributed by atoms with Crippen LogP contribution in [-0.2, 0) is 15.0 Å². The maximum atomic E-state index is 12.7. The number of rotatable bonds is 5. The summed E-state index contributed by atoms with van der Waals surface area (Å²) in [5.74, 6) is 0.944. The van der Waals surface area contributed by atoms with Gasteiger partial charge in [0.15, 0.2) is 5.17 Å². The van der Waals surface area contributed by atoms with E-state index >= 15 is 0 Å². The van der Waals surface area contributed by atoms with Gasteiger partial charge in [-0.3, -0.25) is 9.59 Å². The number of hydrogen-bond donors (Lipinski definition) is 1. The Bertz CT molecular complexity index is 1370. The van der Waals surface area contributed by atoms with Gasteiger partial charge >= 0.3 is 5.97 Å². The molecule has 6 aliphatic rings. The predicted molar refractivity (Wildman–Crippen MR) is 157 cm³/mol. The van der Waals surface area contributed by atoms with Crippen LogP contribution in [0.25, 0.3) is 17.2 Å². The summed E-state index contributed by atoms with van der Waals surface area (Å²) in [5, 5.41) is 10.8. The van der Waals surface area contributed by atoms with Crippen LogP contribution in [-0.4, -0.2) is 40.1 Å². The van der Waals surface area contributed by atoms with Crippen LogP contribution in [0.3, 0.4) is 0 Å². The van der Waals surface area contributed by atoms with Gasteiger partial charge in [0.25, 0.3) is 5.91 Å². The minimum Gasteiger partial charge on any atom is -0.481 e. The Kier molecular flexibility index (Phi) is 6.22. The molecule has 8 rings (SSSR count). The molecule has 2 heterocycles. The summed E-state index contributed by atoms with van der Waals surface area (Å²) in [7, 11) is 0. The molecule has 5 fully saturated rings. The van der Waals surface area contributed by atoms with E-state index in [1.807, 2.05) is 25.1 Å². The van der Waals surface area contributed by atoms with Crippen LogP contribution in [0.4, 0.5) is 0 Å². The summed E-state index contributed by atoms with van der Waals surface area (Å²) < 4.78 is 0. The Balaban J connectivity index is 1.23. The number of thioether (sulfide) groups is 1. The Hall–Kier alpha value is -2.86. The lowest BCUT2D eigenvalue weighted by Crippen LogP contribution is -2.49. The number of carbonyl (C=O) groups is 2. The largest absolute Gasteiger partial charge is 0.481 e. The average molecular weight is 541 g/mol. The van der Waals surface area contributed by atoms with Crippen LogP contribution >= 0.6 is 11.8 Å². The van der Waals surface area contributed by atoms with Gasteiger partial charge in [-0.2, -0.15) is 4.99 Å². The zero-order valence-corrected chi connectivity index (χ0v) is 23.4. The molecular formula is C33H36N2O3S. The summed E-state index contributed by atoms with van der Waals surface area (Å²) in [6.07, 6.45) is 12.0. The number of likely N-dealkylation sites (tertiary alicyclic amines) is 1. The van der Waals surface area contributed by atoms with E-state index in [9.17, 15) is 14.7 Å². The molecule has 1 N–H and O–H groups in total. The lowest BCUT2D eigenvalue weighted by atomic mass is 9.47. The highest BCUT2D eigenvalue weighted by Gasteiger charge is 2.52. The predicted octanol–water partition coefficient (Wildman–Crippen LogP) is 7.08. The average Bonchev–Trinajstić information content (AvgIpc) is 3.58. The Labute approximate surface area is 234 Å². The summed E-state index contributed by atoms with van der Waals surface area (Å²) >= 11 is 1.49. The first kappa shape index (κ1) is 25.1. The molecule has 1 unspecified atom stereocenters. The highest BCUT2D eigenvalue weighted by molar-refractivity contribution is 8.18. The van der Waals surface area contributed by atoms with E-state index in [2.05, 4.69) is 40.2 Å². The van der Waals surface area contributed by atoms with E-state index in [-0.39, 0.29) is 11.3 Å². The summed E-state index contributed by atoms with van der Waals surface area (Å²) in [5.41, 5.74) is 5.59. The Morgan fingerprint density at radius 3 is 2.36 bits per heavy atom. The SMILES string of the molecule is CC(C(=O)O)c1ccc(-c2cccc(/C=C3/SC(N4CCCC4)=NC3=O)c2)cc1C12CC3CC(CC(C3)C1)C2. The van der Waals surface area contributed by atoms with Crippen molar-refractivity contribution in [1.29, 1.82) is 0 Å². The quantitative estimate of drug-likeness (QED) is 0.411. The number of hydrogen-bond acceptors (Lipinski definition) is 4. The zero-order chi connectivity index (χ0) is 26.7. The van der Waals surface area contributed by atoms with E-state index < -0.39 is 11.9 Å². The molecule has 0 spiro atoms. The molecule has 1 atom stereocenters. The molecule has 2 aromatic carbocycles. The molecule has 0 radical (unpaired) electrons. The summed E-state index contributed by atoms with van der Waals surface area (Å²) in [4.78, 5) is 32.0. The van der Waals surface area contributed by atoms with Crippen LogP contribution in [0, 0.1) is 17.8 Å². The second kappa shape index (κ2) is 9.65. The van der Waals surface area contributed by atoms with Crippen molar-refractivity contribution >= 4 is 34.9 Å². The number of carbonyl (C=O) groups excluding carboxylic acids is 1. The Morgan fingerprint density at radius 2 is 1.69 bits per heavy atom. The number of benzene rings is 2. The molecule has 4 aliphatic carbocycles. The van der Waals surface area contributed by atoms with E-state index in [4.69, 9.17) is 0 Å². The van der Waals surface area contributed by atoms with E-state index in [0.717, 1.165) is 71.1 Å². The molecule has 4 saturated carbocycles. The maximum absolute atomic E-state index is 12.7. The van der Waals surface area contributed by atoms with Gasteiger partial charge in [0, 0.05) is 13.1 Å². The number of amides is 1. The zero-order valence-electron chi connectivity index (χ0n) is 22.6. The van der Waals surface area contributed by atoms with Gasteiger partial charge in [0.05, 0.1) is 10.8 Å². The second-order valence-electron chi connectivity index (χ2n) is 12.7. The molecule has 0 aromatic heterocycles. The highest BCUT2D eigenvalue weighted by Crippen LogP contribution is 2.61. The third-order valence-corrected chi connectivity index (χ3v) is 11.0. The maximum Gasteiger partial charge on any atom is 0.310 e. The van der Waals surface area contributed by atoms with E-state index in [1.165, 1.54) is 55.9 Å². The third kappa shape index (κ3) is 4.55. The minimum atomic E-state index is -0.753. The van der Waals surface area contributed by atoms with Crippen molar-refractivity contribution in [2.75, 3.05) is 13.1 Å². The van der Waals surface area contributed by atoms with E-state index in [0.29, 0.717) is 4.91 Å². The lowest BCUT2D eigenvalue weighted by molar-refractivity contribution is -0.138. The lowest BCUT2D eigenvalue weighted by Gasteiger charge is -2.57. The van der Waals surface area contributed by atoms with Gasteiger partial charge in [0.1, 0.15) is 0 Å². The first-order valence-corrected chi connectivity index (χ1v) is 15.4. The van der Waals surface area contributed by atoms with Crippen LogP contribution in [0.15, 0.2) is 52.4 Å². The van der Waals surface area contributed by atoms with Gasteiger partial charge < -0.3 is 10.0 Å². The van der Waals surface area contributed by atoms with Gasteiger partial charge in [-0.1, -0.05) is 36.4 Å². The van der Waals surface area contributed by atoms with Crippen LogP contribution in [0.5, 0.6) is 0 Å². The number of aliphatic imine (C=N–C) groups is 1. The number of nitrogens with zero attached hydrogens (tertiary/aromatic N) is 2. The van der Waals surface area contributed by atoms with Crippen molar-refractivity contribution in [1.82, 2.24) is 4.90 Å². The molecule has 1 saturated heterocycles. The monoisotopic (exact) mass is 540 g/mol. The molecule has 39 heavy (non-hydrogen) atoms. The summed E-state index contributed by atoms with van der Waals surface area (Å²) in [6, 6.07) is 14.9. The van der Waals surface area contributed by atoms with Crippen molar-refractivity contribution < 1.29 is 14.7 Å². The van der Waals surface area contributed by atoms with Crippen LogP contribution in [0.2, 0.25) is 0 Å². The molecule has 202 valence electrons. The van der Waals surface area contributed by atoms with Gasteiger partial charge in [-0.25, -0.2) is 0 Å². The molecule has 6 heteroatoms. The number of amidine groups is 1. The summed E-state index contributed by atoms with van der Waals surface area (Å²) in [6.45, 7) is 3.79. The number of carboxylic acids is 1. The van der Waals surface area contributed by atoms with Crippen molar-refractivity contribution in [2.45, 2.75) is 69.6 Å². The second-order valence-corrected chi connectivity index (χ2v) is 13.7.